The lowest BCUT2D eigenvalue weighted by molar-refractivity contribution is -0.143. The first-order chi connectivity index (χ1) is 14.2. The first-order valence-electron chi connectivity index (χ1n) is 10.7. The number of rotatable bonds is 5. The largest absolute Gasteiger partial charge is 0.396 e. The van der Waals surface area contributed by atoms with Crippen molar-refractivity contribution in [2.45, 2.75) is 62.6 Å². The van der Waals surface area contributed by atoms with Gasteiger partial charge in [0.2, 0.25) is 14.3 Å². The van der Waals surface area contributed by atoms with Crippen molar-refractivity contribution >= 4 is 31.6 Å². The summed E-state index contributed by atoms with van der Waals surface area (Å²) in [6.45, 7) is 5.80. The molecule has 7 nitrogen and oxygen atoms in total. The van der Waals surface area contributed by atoms with Crippen LogP contribution in [0.5, 0.6) is 0 Å². The molecule has 0 bridgehead atoms. The lowest BCUT2D eigenvalue weighted by atomic mass is 9.82. The van der Waals surface area contributed by atoms with E-state index in [9.17, 15) is 14.7 Å². The van der Waals surface area contributed by atoms with Gasteiger partial charge in [0.05, 0.1) is 12.1 Å². The molecular weight excluding hydrogens is 405 g/mol. The van der Waals surface area contributed by atoms with Crippen LogP contribution in [-0.4, -0.2) is 50.6 Å². The van der Waals surface area contributed by atoms with Crippen LogP contribution in [0, 0.1) is 5.92 Å². The zero-order valence-corrected chi connectivity index (χ0v) is 18.6. The Hall–Kier alpha value is -1.81. The lowest BCUT2D eigenvalue weighted by Gasteiger charge is -2.30. The molecule has 2 saturated heterocycles. The van der Waals surface area contributed by atoms with E-state index < -0.39 is 31.6 Å². The molecule has 0 unspecified atom stereocenters. The zero-order chi connectivity index (χ0) is 21.7. The summed E-state index contributed by atoms with van der Waals surface area (Å²) in [5, 5.41) is 18.5. The van der Waals surface area contributed by atoms with Gasteiger partial charge < -0.3 is 29.9 Å². The highest BCUT2D eigenvalue weighted by molar-refractivity contribution is 6.72. The van der Waals surface area contributed by atoms with Gasteiger partial charge in [-0.15, -0.1) is 0 Å². The Morgan fingerprint density at radius 3 is 2.83 bits per heavy atom. The number of fused-ring (bicyclic) bond motifs is 2. The third kappa shape index (κ3) is 3.37. The van der Waals surface area contributed by atoms with Gasteiger partial charge >= 0.3 is 0 Å². The molecule has 1 aromatic carbocycles. The average molecular weight is 436 g/mol. The van der Waals surface area contributed by atoms with E-state index in [1.165, 1.54) is 0 Å². The summed E-state index contributed by atoms with van der Waals surface area (Å²) in [5.74, 6) is -0.813. The Bertz CT molecular complexity index is 855. The minimum absolute atomic E-state index is 0.104. The summed E-state index contributed by atoms with van der Waals surface area (Å²) in [7, 11) is -3.18. The molecule has 4 rings (SSSR count). The summed E-state index contributed by atoms with van der Waals surface area (Å²) in [4.78, 5) is 25.6. The van der Waals surface area contributed by atoms with Crippen LogP contribution in [0.4, 0.5) is 15.5 Å². The smallest absolute Gasteiger partial charge is 0.261 e. The Kier molecular flexibility index (Phi) is 5.50. The van der Waals surface area contributed by atoms with Gasteiger partial charge in [0, 0.05) is 35.0 Å². The van der Waals surface area contributed by atoms with Crippen LogP contribution in [0.2, 0.25) is 18.6 Å². The predicted octanol–water partition coefficient (Wildman–Crippen LogP) is 2.49. The molecule has 3 aliphatic rings. The molecule has 3 aliphatic heterocycles. The summed E-state index contributed by atoms with van der Waals surface area (Å²) >= 11 is 0. The first kappa shape index (κ1) is 21.4. The first-order valence-corrected chi connectivity index (χ1v) is 13.6. The van der Waals surface area contributed by atoms with Gasteiger partial charge in [-0.1, -0.05) is 6.92 Å². The summed E-state index contributed by atoms with van der Waals surface area (Å²) < 4.78 is 21.6. The lowest BCUT2D eigenvalue weighted by Crippen LogP contribution is -2.42. The maximum Gasteiger partial charge on any atom is 0.261 e. The number of nitrogens with one attached hydrogen (secondary N) is 3. The maximum atomic E-state index is 15.3. The molecule has 0 aromatic heterocycles. The van der Waals surface area contributed by atoms with E-state index in [1.54, 1.807) is 31.3 Å². The molecule has 1 spiro atoms. The van der Waals surface area contributed by atoms with Crippen LogP contribution in [0.1, 0.15) is 31.7 Å². The van der Waals surface area contributed by atoms with Crippen molar-refractivity contribution in [1.82, 2.24) is 5.32 Å². The molecule has 5 atom stereocenters. The highest BCUT2D eigenvalue weighted by atomic mass is 28.4. The van der Waals surface area contributed by atoms with Crippen molar-refractivity contribution in [3.8, 4) is 0 Å². The van der Waals surface area contributed by atoms with Crippen molar-refractivity contribution < 1.29 is 23.5 Å². The Balaban J connectivity index is 1.69. The van der Waals surface area contributed by atoms with E-state index in [-0.39, 0.29) is 30.9 Å². The zero-order valence-electron chi connectivity index (χ0n) is 17.6. The van der Waals surface area contributed by atoms with Crippen molar-refractivity contribution in [2.75, 3.05) is 23.8 Å². The van der Waals surface area contributed by atoms with Gasteiger partial charge in [-0.05, 0) is 57.1 Å². The minimum Gasteiger partial charge on any atom is -0.396 e. The monoisotopic (exact) mass is 435 g/mol. The van der Waals surface area contributed by atoms with E-state index in [2.05, 4.69) is 16.0 Å². The van der Waals surface area contributed by atoms with Crippen LogP contribution in [0.25, 0.3) is 0 Å². The highest BCUT2D eigenvalue weighted by Gasteiger charge is 2.65. The Labute approximate surface area is 176 Å². The number of aliphatic hydroxyl groups is 1. The van der Waals surface area contributed by atoms with Crippen LogP contribution in [-0.2, 0) is 19.9 Å². The van der Waals surface area contributed by atoms with Crippen LogP contribution < -0.4 is 16.0 Å². The Morgan fingerprint density at radius 1 is 1.43 bits per heavy atom. The number of amides is 2. The molecule has 0 aliphatic carbocycles. The fourth-order valence-corrected chi connectivity index (χ4v) is 8.02. The number of carbonyl (C=O) groups is 2. The van der Waals surface area contributed by atoms with Crippen molar-refractivity contribution in [2.24, 2.45) is 5.92 Å². The molecular formula is C21H30FN3O4Si. The number of ether oxygens (including phenoxy) is 1. The van der Waals surface area contributed by atoms with E-state index in [1.807, 2.05) is 6.92 Å². The molecule has 2 fully saturated rings. The number of anilines is 2. The standard InChI is InChI=1S/C21H30FN3O4Si/c1-12-18(30(2,3)22)17(8-10-26)29-21(12)14-11-13(6-7-15(14)25-20(21)28)24-19(27)16-5-4-9-23-16/h6-7,11-12,16-18,23,26H,4-5,8-10H2,1-3H3,(H,24,27)(H,25,28)/t12-,16-,17+,18-,21+/m1/s1. The SMILES string of the molecule is C[C@@H]1[C@@H]([Si](C)(C)F)[C@H](CCO)O[C@@]12C(=O)Nc1ccc(NC(=O)[C@H]3CCCN3)cc12. The molecule has 3 heterocycles. The molecule has 9 heteroatoms. The Morgan fingerprint density at radius 2 is 2.20 bits per heavy atom. The molecule has 2 amide bonds. The molecule has 1 aromatic rings. The van der Waals surface area contributed by atoms with Crippen molar-refractivity contribution in [3.05, 3.63) is 23.8 Å². The van der Waals surface area contributed by atoms with Gasteiger partial charge in [0.15, 0.2) is 5.60 Å². The average Bonchev–Trinajstić information content (AvgIpc) is 3.35. The molecule has 164 valence electrons. The topological polar surface area (TPSA) is 99.7 Å². The fraction of sp³-hybridized carbons (Fsp3) is 0.619. The predicted molar refractivity (Wildman–Crippen MR) is 114 cm³/mol. The van der Waals surface area contributed by atoms with E-state index in [0.717, 1.165) is 19.4 Å². The van der Waals surface area contributed by atoms with E-state index in [0.29, 0.717) is 16.9 Å². The summed E-state index contributed by atoms with van der Waals surface area (Å²) in [5.41, 5.74) is 0.0782. The van der Waals surface area contributed by atoms with Crippen molar-refractivity contribution in [1.29, 1.82) is 0 Å². The maximum absolute atomic E-state index is 15.3. The van der Waals surface area contributed by atoms with Gasteiger partial charge in [-0.2, -0.15) is 0 Å². The molecule has 30 heavy (non-hydrogen) atoms. The molecule has 4 N–H and O–H groups in total. The van der Waals surface area contributed by atoms with Gasteiger partial charge in [0.25, 0.3) is 5.91 Å². The molecule has 0 saturated carbocycles. The molecule has 0 radical (unpaired) electrons. The number of benzene rings is 1. The fourth-order valence-electron chi connectivity index (χ4n) is 5.48. The third-order valence-corrected chi connectivity index (χ3v) is 9.23. The third-order valence-electron chi connectivity index (χ3n) is 6.77. The second kappa shape index (κ2) is 7.71. The number of halogens is 1. The number of carbonyl (C=O) groups excluding carboxylic acids is 2. The van der Waals surface area contributed by atoms with Crippen LogP contribution in [0.3, 0.4) is 0 Å². The quantitative estimate of drug-likeness (QED) is 0.421. The van der Waals surface area contributed by atoms with E-state index in [4.69, 9.17) is 4.74 Å². The van der Waals surface area contributed by atoms with E-state index >= 15 is 4.11 Å². The summed E-state index contributed by atoms with van der Waals surface area (Å²) in [6, 6.07) is 5.05. The minimum atomic E-state index is -3.18. The highest BCUT2D eigenvalue weighted by Crippen LogP contribution is 2.59. The van der Waals surface area contributed by atoms with Gasteiger partial charge in [0.1, 0.15) is 0 Å². The number of hydrogen-bond acceptors (Lipinski definition) is 5. The second-order valence-corrected chi connectivity index (χ2v) is 12.9. The summed E-state index contributed by atoms with van der Waals surface area (Å²) in [6.07, 6.45) is 1.51. The number of hydrogen-bond donors (Lipinski definition) is 4. The van der Waals surface area contributed by atoms with Crippen molar-refractivity contribution in [3.63, 3.8) is 0 Å². The van der Waals surface area contributed by atoms with Gasteiger partial charge in [-0.3, -0.25) is 9.59 Å². The van der Waals surface area contributed by atoms with Crippen LogP contribution >= 0.6 is 0 Å². The number of aliphatic hydroxyl groups excluding tert-OH is 1. The second-order valence-electron chi connectivity index (χ2n) is 9.14. The van der Waals surface area contributed by atoms with Crippen LogP contribution in [0.15, 0.2) is 18.2 Å². The van der Waals surface area contributed by atoms with Gasteiger partial charge in [-0.25, -0.2) is 0 Å². The normalized spacial score (nSPS) is 33.0.